The number of anilines is 1. The van der Waals surface area contributed by atoms with Gasteiger partial charge in [0.25, 0.3) is 0 Å². The van der Waals surface area contributed by atoms with Crippen molar-refractivity contribution in [3.8, 4) is 0 Å². The first-order chi connectivity index (χ1) is 12.9. The fourth-order valence-electron chi connectivity index (χ4n) is 3.18. The molecule has 2 aromatic rings. The highest BCUT2D eigenvalue weighted by Crippen LogP contribution is 2.30. The molecule has 1 aliphatic rings. The van der Waals surface area contributed by atoms with E-state index < -0.39 is 17.8 Å². The zero-order chi connectivity index (χ0) is 19.3. The summed E-state index contributed by atoms with van der Waals surface area (Å²) in [5.41, 5.74) is 0.684. The van der Waals surface area contributed by atoms with E-state index in [2.05, 4.69) is 32.4 Å². The van der Waals surface area contributed by atoms with Gasteiger partial charge in [-0.15, -0.1) is 0 Å². The fraction of sp³-hybridized carbons (Fsp3) is 0.421. The normalized spacial score (nSPS) is 16.3. The number of hydrogen-bond donors (Lipinski definition) is 2. The van der Waals surface area contributed by atoms with Crippen LogP contribution >= 0.6 is 11.3 Å². The summed E-state index contributed by atoms with van der Waals surface area (Å²) in [5, 5.41) is 9.48. The average Bonchev–Trinajstić information content (AvgIpc) is 3.14. The quantitative estimate of drug-likeness (QED) is 0.761. The number of halogens is 3. The maximum absolute atomic E-state index is 12.7. The van der Waals surface area contributed by atoms with Gasteiger partial charge in [-0.2, -0.15) is 24.5 Å². The summed E-state index contributed by atoms with van der Waals surface area (Å²) < 4.78 is 38.1. The van der Waals surface area contributed by atoms with Crippen LogP contribution in [0.25, 0.3) is 0 Å². The molecule has 27 heavy (non-hydrogen) atoms. The molecule has 4 nitrogen and oxygen atoms in total. The minimum absolute atomic E-state index is 0.132. The van der Waals surface area contributed by atoms with E-state index in [9.17, 15) is 18.0 Å². The number of likely N-dealkylation sites (tertiary alicyclic amines) is 1. The van der Waals surface area contributed by atoms with Crippen LogP contribution in [0.1, 0.15) is 24.0 Å². The number of thiophene rings is 1. The van der Waals surface area contributed by atoms with Crippen molar-refractivity contribution < 1.29 is 18.0 Å². The zero-order valence-electron chi connectivity index (χ0n) is 14.8. The maximum atomic E-state index is 12.7. The Morgan fingerprint density at radius 1 is 1.22 bits per heavy atom. The monoisotopic (exact) mass is 397 g/mol. The molecule has 3 rings (SSSR count). The topological polar surface area (TPSA) is 44.4 Å². The van der Waals surface area contributed by atoms with Crippen molar-refractivity contribution >= 4 is 23.1 Å². The summed E-state index contributed by atoms with van der Waals surface area (Å²) in [7, 11) is 0. The number of carbonyl (C=O) groups excluding carboxylic acids is 1. The minimum atomic E-state index is -4.43. The van der Waals surface area contributed by atoms with Gasteiger partial charge in [0.2, 0.25) is 0 Å². The van der Waals surface area contributed by atoms with E-state index >= 15 is 0 Å². The summed E-state index contributed by atoms with van der Waals surface area (Å²) in [6.07, 6.45) is -2.44. The molecule has 0 spiro atoms. The van der Waals surface area contributed by atoms with Gasteiger partial charge >= 0.3 is 12.2 Å². The molecule has 0 radical (unpaired) electrons. The molecule has 1 saturated heterocycles. The fourth-order valence-corrected chi connectivity index (χ4v) is 3.83. The Labute approximate surface area is 160 Å². The molecule has 146 valence electrons. The van der Waals surface area contributed by atoms with Gasteiger partial charge in [-0.05, 0) is 72.4 Å². The molecule has 2 heterocycles. The van der Waals surface area contributed by atoms with Crippen molar-refractivity contribution in [2.24, 2.45) is 5.92 Å². The van der Waals surface area contributed by atoms with E-state index in [1.54, 1.807) is 11.3 Å². The van der Waals surface area contributed by atoms with Crippen LogP contribution in [-0.4, -0.2) is 30.6 Å². The van der Waals surface area contributed by atoms with Gasteiger partial charge in [-0.1, -0.05) is 6.07 Å². The van der Waals surface area contributed by atoms with Crippen molar-refractivity contribution in [3.05, 3.63) is 52.2 Å². The maximum Gasteiger partial charge on any atom is 0.416 e. The SMILES string of the molecule is O=C(NCC1CCN(Cc2ccsc2)CC1)Nc1cccc(C(F)(F)F)c1. The second-order valence-corrected chi connectivity index (χ2v) is 7.54. The molecule has 8 heteroatoms. The highest BCUT2D eigenvalue weighted by Gasteiger charge is 2.30. The highest BCUT2D eigenvalue weighted by molar-refractivity contribution is 7.07. The Morgan fingerprint density at radius 3 is 2.67 bits per heavy atom. The molecule has 0 unspecified atom stereocenters. The number of urea groups is 1. The summed E-state index contributed by atoms with van der Waals surface area (Å²) in [6, 6.07) is 6.29. The Hall–Kier alpha value is -2.06. The first-order valence-corrected chi connectivity index (χ1v) is 9.80. The second kappa shape index (κ2) is 8.75. The lowest BCUT2D eigenvalue weighted by atomic mass is 9.96. The Kier molecular flexibility index (Phi) is 6.38. The Morgan fingerprint density at radius 2 is 2.00 bits per heavy atom. The van der Waals surface area contributed by atoms with Crippen molar-refractivity contribution in [2.45, 2.75) is 25.6 Å². The van der Waals surface area contributed by atoms with Gasteiger partial charge in [0.05, 0.1) is 5.56 Å². The Balaban J connectivity index is 1.40. The lowest BCUT2D eigenvalue weighted by molar-refractivity contribution is -0.137. The van der Waals surface area contributed by atoms with Crippen LogP contribution in [0.3, 0.4) is 0 Å². The number of rotatable bonds is 5. The van der Waals surface area contributed by atoms with Gasteiger partial charge in [-0.3, -0.25) is 4.90 Å². The number of nitrogens with zero attached hydrogens (tertiary/aromatic N) is 1. The van der Waals surface area contributed by atoms with E-state index in [4.69, 9.17) is 0 Å². The predicted molar refractivity (Wildman–Crippen MR) is 101 cm³/mol. The predicted octanol–water partition coefficient (Wildman–Crippen LogP) is 4.80. The lowest BCUT2D eigenvalue weighted by Crippen LogP contribution is -2.39. The van der Waals surface area contributed by atoms with Crippen molar-refractivity contribution in [1.82, 2.24) is 10.2 Å². The number of nitrogens with one attached hydrogen (secondary N) is 2. The van der Waals surface area contributed by atoms with E-state index in [0.29, 0.717) is 12.5 Å². The molecule has 1 aromatic carbocycles. The summed E-state index contributed by atoms with van der Waals surface area (Å²) in [5.74, 6) is 0.385. The van der Waals surface area contributed by atoms with Crippen LogP contribution in [0.15, 0.2) is 41.1 Å². The first-order valence-electron chi connectivity index (χ1n) is 8.86. The summed E-state index contributed by atoms with van der Waals surface area (Å²) in [4.78, 5) is 14.4. The number of piperidine rings is 1. The number of benzene rings is 1. The molecular formula is C19H22F3N3OS. The van der Waals surface area contributed by atoms with Gasteiger partial charge in [0.15, 0.2) is 0 Å². The van der Waals surface area contributed by atoms with Gasteiger partial charge < -0.3 is 10.6 Å². The minimum Gasteiger partial charge on any atom is -0.338 e. The van der Waals surface area contributed by atoms with Crippen LogP contribution in [0.4, 0.5) is 23.7 Å². The molecule has 0 saturated carbocycles. The second-order valence-electron chi connectivity index (χ2n) is 6.76. The van der Waals surface area contributed by atoms with E-state index in [-0.39, 0.29) is 5.69 Å². The Bertz CT molecular complexity index is 741. The third kappa shape index (κ3) is 5.97. The lowest BCUT2D eigenvalue weighted by Gasteiger charge is -2.31. The van der Waals surface area contributed by atoms with Gasteiger partial charge in [0.1, 0.15) is 0 Å². The number of carbonyl (C=O) groups is 1. The molecule has 2 N–H and O–H groups in total. The standard InChI is InChI=1S/C19H22F3N3OS/c20-19(21,22)16-2-1-3-17(10-16)24-18(26)23-11-14-4-7-25(8-5-14)12-15-6-9-27-13-15/h1-3,6,9-10,13-14H,4-5,7-8,11-12H2,(H2,23,24,26). The van der Waals surface area contributed by atoms with Crippen LogP contribution in [0.5, 0.6) is 0 Å². The number of amides is 2. The molecular weight excluding hydrogens is 375 g/mol. The first kappa shape index (κ1) is 19.7. The average molecular weight is 397 g/mol. The van der Waals surface area contributed by atoms with Gasteiger partial charge in [0, 0.05) is 18.8 Å². The van der Waals surface area contributed by atoms with Gasteiger partial charge in [-0.25, -0.2) is 4.79 Å². The third-order valence-corrected chi connectivity index (χ3v) is 5.42. The molecule has 1 aliphatic heterocycles. The molecule has 0 bridgehead atoms. The van der Waals surface area contributed by atoms with Crippen LogP contribution < -0.4 is 10.6 Å². The van der Waals surface area contributed by atoms with Crippen molar-refractivity contribution in [2.75, 3.05) is 25.0 Å². The molecule has 1 fully saturated rings. The number of hydrogen-bond acceptors (Lipinski definition) is 3. The van der Waals surface area contributed by atoms with Crippen molar-refractivity contribution in [3.63, 3.8) is 0 Å². The van der Waals surface area contributed by atoms with Crippen LogP contribution in [0.2, 0.25) is 0 Å². The molecule has 2 amide bonds. The van der Waals surface area contributed by atoms with E-state index in [0.717, 1.165) is 44.6 Å². The number of alkyl halides is 3. The zero-order valence-corrected chi connectivity index (χ0v) is 15.6. The largest absolute Gasteiger partial charge is 0.416 e. The van der Waals surface area contributed by atoms with Crippen molar-refractivity contribution in [1.29, 1.82) is 0 Å². The smallest absolute Gasteiger partial charge is 0.338 e. The van der Waals surface area contributed by atoms with E-state index in [1.165, 1.54) is 17.7 Å². The van der Waals surface area contributed by atoms with Crippen LogP contribution in [-0.2, 0) is 12.7 Å². The third-order valence-electron chi connectivity index (χ3n) is 4.69. The molecule has 1 aromatic heterocycles. The van der Waals surface area contributed by atoms with Crippen LogP contribution in [0, 0.1) is 5.92 Å². The highest BCUT2D eigenvalue weighted by atomic mass is 32.1. The molecule has 0 atom stereocenters. The molecule has 0 aliphatic carbocycles. The summed E-state index contributed by atoms with van der Waals surface area (Å²) in [6.45, 7) is 3.45. The van der Waals surface area contributed by atoms with E-state index in [1.807, 2.05) is 0 Å². The summed E-state index contributed by atoms with van der Waals surface area (Å²) >= 11 is 1.70.